The molecule has 1 amide bonds. The van der Waals surface area contributed by atoms with E-state index in [1.54, 1.807) is 33.5 Å². The number of anilines is 1. The van der Waals surface area contributed by atoms with Crippen molar-refractivity contribution in [2.75, 3.05) is 59.4 Å². The topological polar surface area (TPSA) is 81.1 Å². The largest absolute Gasteiger partial charge is 0.493 e. The lowest BCUT2D eigenvalue weighted by Gasteiger charge is -2.36. The first-order chi connectivity index (χ1) is 25.7. The van der Waals surface area contributed by atoms with Crippen LogP contribution in [0.3, 0.4) is 0 Å². The summed E-state index contributed by atoms with van der Waals surface area (Å²) in [5.74, 6) is 1.81. The van der Waals surface area contributed by atoms with Crippen molar-refractivity contribution in [3.05, 3.63) is 111 Å². The molecule has 0 spiro atoms. The van der Waals surface area contributed by atoms with Crippen LogP contribution in [-0.4, -0.2) is 85.4 Å². The van der Waals surface area contributed by atoms with Crippen LogP contribution in [0.2, 0.25) is 10.0 Å². The average Bonchev–Trinajstić information content (AvgIpc) is 3.77. The Morgan fingerprint density at radius 3 is 2.30 bits per heavy atom. The van der Waals surface area contributed by atoms with Gasteiger partial charge in [-0.25, -0.2) is 9.37 Å². The molecule has 1 atom stereocenters. The fourth-order valence-electron chi connectivity index (χ4n) is 7.82. The first kappa shape index (κ1) is 36.8. The Bertz CT molecular complexity index is 2060. The number of carbonyl (C=O) groups is 1. The van der Waals surface area contributed by atoms with E-state index >= 15 is 0 Å². The molecule has 3 heterocycles. The van der Waals surface area contributed by atoms with Gasteiger partial charge in [0.05, 0.1) is 49.0 Å². The molecule has 12 heteroatoms. The van der Waals surface area contributed by atoms with E-state index in [0.29, 0.717) is 52.5 Å². The maximum atomic E-state index is 14.0. The van der Waals surface area contributed by atoms with Gasteiger partial charge < -0.3 is 33.9 Å². The molecule has 0 saturated carbocycles. The summed E-state index contributed by atoms with van der Waals surface area (Å²) in [7, 11) is 4.63. The molecular formula is C41H44Cl2FN5O4. The van der Waals surface area contributed by atoms with Crippen LogP contribution in [0.1, 0.15) is 47.2 Å². The average molecular weight is 761 g/mol. The highest BCUT2D eigenvalue weighted by atomic mass is 35.5. The van der Waals surface area contributed by atoms with Crippen molar-refractivity contribution in [3.8, 4) is 17.2 Å². The van der Waals surface area contributed by atoms with Gasteiger partial charge in [-0.05, 0) is 91.9 Å². The van der Waals surface area contributed by atoms with Gasteiger partial charge >= 0.3 is 0 Å². The highest BCUT2D eigenvalue weighted by molar-refractivity contribution is 6.42. The number of para-hydroxylation sites is 2. The molecule has 2 fully saturated rings. The number of ether oxygens (including phenoxy) is 3. The zero-order chi connectivity index (χ0) is 37.1. The summed E-state index contributed by atoms with van der Waals surface area (Å²) in [5.41, 5.74) is 4.24. The quantitative estimate of drug-likeness (QED) is 0.137. The third-order valence-electron chi connectivity index (χ3n) is 10.8. The van der Waals surface area contributed by atoms with Crippen LogP contribution < -0.4 is 19.5 Å². The number of hydrogen-bond acceptors (Lipinski definition) is 7. The van der Waals surface area contributed by atoms with Crippen LogP contribution in [0.15, 0.2) is 78.9 Å². The summed E-state index contributed by atoms with van der Waals surface area (Å²) in [4.78, 5) is 23.4. The van der Waals surface area contributed by atoms with Gasteiger partial charge in [-0.1, -0.05) is 53.5 Å². The molecule has 0 aliphatic carbocycles. The number of amides is 1. The lowest BCUT2D eigenvalue weighted by Crippen LogP contribution is -2.42. The van der Waals surface area contributed by atoms with Gasteiger partial charge in [0.25, 0.3) is 5.91 Å². The summed E-state index contributed by atoms with van der Waals surface area (Å²) in [6.45, 7) is 4.48. The Hall–Kier alpha value is -4.51. The molecule has 53 heavy (non-hydrogen) atoms. The van der Waals surface area contributed by atoms with Crippen molar-refractivity contribution < 1.29 is 23.4 Å². The van der Waals surface area contributed by atoms with E-state index in [-0.39, 0.29) is 23.2 Å². The van der Waals surface area contributed by atoms with Crippen molar-refractivity contribution in [3.63, 3.8) is 0 Å². The molecule has 2 aliphatic rings. The number of carbonyl (C=O) groups excluding carboxylic acids is 1. The molecule has 0 radical (unpaired) electrons. The molecule has 1 aromatic heterocycles. The van der Waals surface area contributed by atoms with E-state index in [2.05, 4.69) is 26.9 Å². The molecule has 9 nitrogen and oxygen atoms in total. The van der Waals surface area contributed by atoms with Crippen LogP contribution in [-0.2, 0) is 12.0 Å². The van der Waals surface area contributed by atoms with Gasteiger partial charge in [0.15, 0.2) is 11.5 Å². The number of halogens is 3. The van der Waals surface area contributed by atoms with Gasteiger partial charge in [0.1, 0.15) is 5.82 Å². The van der Waals surface area contributed by atoms with E-state index in [9.17, 15) is 9.18 Å². The number of benzene rings is 4. The Morgan fingerprint density at radius 1 is 0.906 bits per heavy atom. The van der Waals surface area contributed by atoms with Gasteiger partial charge in [0.2, 0.25) is 11.7 Å². The fraction of sp³-hybridized carbons (Fsp3) is 0.366. The van der Waals surface area contributed by atoms with E-state index in [0.717, 1.165) is 73.4 Å². The van der Waals surface area contributed by atoms with Gasteiger partial charge in [0, 0.05) is 43.2 Å². The molecule has 2 aliphatic heterocycles. The van der Waals surface area contributed by atoms with Crippen LogP contribution >= 0.6 is 23.2 Å². The zero-order valence-electron chi connectivity index (χ0n) is 30.2. The van der Waals surface area contributed by atoms with Crippen LogP contribution in [0.5, 0.6) is 17.2 Å². The zero-order valence-corrected chi connectivity index (χ0v) is 31.7. The molecule has 278 valence electrons. The molecule has 2 saturated heterocycles. The predicted octanol–water partition coefficient (Wildman–Crippen LogP) is 8.31. The van der Waals surface area contributed by atoms with E-state index in [4.69, 9.17) is 42.4 Å². The minimum atomic E-state index is -0.301. The van der Waals surface area contributed by atoms with Crippen LogP contribution in [0.25, 0.3) is 11.0 Å². The Morgan fingerprint density at radius 2 is 1.62 bits per heavy atom. The molecule has 5 aromatic rings. The summed E-state index contributed by atoms with van der Waals surface area (Å²) in [6.07, 6.45) is 3.58. The number of nitrogens with one attached hydrogen (secondary N) is 1. The standard InChI is InChI=1S/C41H44Cl2FN5O4/c1-51-36-22-28(23-37(52-2)38(36)53-3)39(50)48-21-17-41(26-48,29-10-13-32(42)33(43)24-29)16-20-47-18-14-31(15-19-47)45-40-46-34-6-4-5-7-35(34)49(40)25-27-8-11-30(44)12-9-27/h4-13,22-24,31H,14-21,25-26H2,1-3H3,(H,45,46)/t41-/m1/s1. The molecule has 1 N–H and O–H groups in total. The Balaban J connectivity index is 1.04. The highest BCUT2D eigenvalue weighted by Crippen LogP contribution is 2.43. The van der Waals surface area contributed by atoms with Crippen molar-refractivity contribution in [1.82, 2.24) is 19.4 Å². The lowest BCUT2D eigenvalue weighted by atomic mass is 9.76. The highest BCUT2D eigenvalue weighted by Gasteiger charge is 2.42. The third-order valence-corrected chi connectivity index (χ3v) is 11.6. The number of rotatable bonds is 12. The van der Waals surface area contributed by atoms with Gasteiger partial charge in [-0.3, -0.25) is 4.79 Å². The molecule has 0 bridgehead atoms. The van der Waals surface area contributed by atoms with Crippen molar-refractivity contribution in [2.24, 2.45) is 0 Å². The van der Waals surface area contributed by atoms with Gasteiger partial charge in [-0.2, -0.15) is 0 Å². The first-order valence-corrected chi connectivity index (χ1v) is 18.7. The number of piperidine rings is 1. The van der Waals surface area contributed by atoms with Crippen molar-refractivity contribution in [1.29, 1.82) is 0 Å². The smallest absolute Gasteiger partial charge is 0.254 e. The van der Waals surface area contributed by atoms with Gasteiger partial charge in [-0.15, -0.1) is 0 Å². The maximum Gasteiger partial charge on any atom is 0.254 e. The number of methoxy groups -OCH3 is 3. The minimum absolute atomic E-state index is 0.0940. The summed E-state index contributed by atoms with van der Waals surface area (Å²) in [6, 6.07) is 24.3. The maximum absolute atomic E-state index is 14.0. The normalized spacial score (nSPS) is 18.0. The van der Waals surface area contributed by atoms with Crippen molar-refractivity contribution >= 4 is 46.1 Å². The van der Waals surface area contributed by atoms with Crippen molar-refractivity contribution in [2.45, 2.75) is 43.7 Å². The predicted molar refractivity (Wildman–Crippen MR) is 208 cm³/mol. The fourth-order valence-corrected chi connectivity index (χ4v) is 8.11. The van der Waals surface area contributed by atoms with Crippen LogP contribution in [0.4, 0.5) is 10.3 Å². The first-order valence-electron chi connectivity index (χ1n) is 17.9. The summed E-state index contributed by atoms with van der Waals surface area (Å²) < 4.78 is 32.4. The number of hydrogen-bond donors (Lipinski definition) is 1. The van der Waals surface area contributed by atoms with E-state index in [1.165, 1.54) is 12.1 Å². The second-order valence-electron chi connectivity index (χ2n) is 13.9. The number of imidazole rings is 1. The Labute approximate surface area is 319 Å². The SMILES string of the molecule is COc1cc(C(=O)N2CC[C@@](CCN3CCC(Nc4nc5ccccc5n4Cc4ccc(F)cc4)CC3)(c3ccc(Cl)c(Cl)c3)C2)cc(OC)c1OC. The van der Waals surface area contributed by atoms with Crippen LogP contribution in [0, 0.1) is 5.82 Å². The van der Waals surface area contributed by atoms with E-state index < -0.39 is 0 Å². The number of fused-ring (bicyclic) bond motifs is 1. The summed E-state index contributed by atoms with van der Waals surface area (Å²) in [5, 5.41) is 4.76. The number of nitrogens with zero attached hydrogens (tertiary/aromatic N) is 4. The monoisotopic (exact) mass is 759 g/mol. The minimum Gasteiger partial charge on any atom is -0.493 e. The number of aromatic nitrogens is 2. The van der Waals surface area contributed by atoms with E-state index in [1.807, 2.05) is 47.4 Å². The molecule has 0 unspecified atom stereocenters. The third kappa shape index (κ3) is 7.77. The lowest BCUT2D eigenvalue weighted by molar-refractivity contribution is 0.0779. The molecule has 4 aromatic carbocycles. The Kier molecular flexibility index (Phi) is 11.0. The summed E-state index contributed by atoms with van der Waals surface area (Å²) >= 11 is 12.9. The number of likely N-dealkylation sites (tertiary alicyclic amines) is 2. The second kappa shape index (κ2) is 15.8. The molecule has 7 rings (SSSR count). The molecular weight excluding hydrogens is 716 g/mol. The second-order valence-corrected chi connectivity index (χ2v) is 14.8.